The normalized spacial score (nSPS) is 18.7. The molecule has 10 nitrogen and oxygen atoms in total. The van der Waals surface area contributed by atoms with Gasteiger partial charge in [-0.05, 0) is 49.6 Å². The van der Waals surface area contributed by atoms with Crippen LogP contribution in [0.2, 0.25) is 5.02 Å². The number of carbonyl (C=O) groups is 3. The molecule has 0 spiro atoms. The van der Waals surface area contributed by atoms with Gasteiger partial charge in [-0.2, -0.15) is 4.39 Å². The molecule has 2 atom stereocenters. The molecule has 0 unspecified atom stereocenters. The van der Waals surface area contributed by atoms with Gasteiger partial charge in [0.1, 0.15) is 0 Å². The highest BCUT2D eigenvalue weighted by molar-refractivity contribution is 6.34. The van der Waals surface area contributed by atoms with Crippen molar-refractivity contribution < 1.29 is 27.9 Å². The lowest BCUT2D eigenvalue weighted by Crippen LogP contribution is -2.51. The lowest BCUT2D eigenvalue weighted by atomic mass is 10.1. The van der Waals surface area contributed by atoms with Crippen LogP contribution in [0.25, 0.3) is 11.3 Å². The zero-order valence-corrected chi connectivity index (χ0v) is 24.0. The van der Waals surface area contributed by atoms with Crippen molar-refractivity contribution in [1.82, 2.24) is 19.4 Å². The number of hydrogen-bond acceptors (Lipinski definition) is 6. The number of hydrogen-bond donors (Lipinski definition) is 2. The zero-order chi connectivity index (χ0) is 30.1. The summed E-state index contributed by atoms with van der Waals surface area (Å²) in [4.78, 5) is 46.5. The number of rotatable bonds is 6. The van der Waals surface area contributed by atoms with Crippen LogP contribution in [0.4, 0.5) is 14.5 Å². The summed E-state index contributed by atoms with van der Waals surface area (Å²) in [6.45, 7) is 1.66. The van der Waals surface area contributed by atoms with E-state index in [1.807, 2.05) is 0 Å². The van der Waals surface area contributed by atoms with Crippen molar-refractivity contribution in [3.8, 4) is 17.0 Å². The van der Waals surface area contributed by atoms with Gasteiger partial charge in [-0.3, -0.25) is 14.4 Å². The van der Waals surface area contributed by atoms with Crippen molar-refractivity contribution in [3.05, 3.63) is 64.6 Å². The number of ether oxygens (including phenoxy) is 1. The Morgan fingerprint density at radius 1 is 1.05 bits per heavy atom. The van der Waals surface area contributed by atoms with Crippen molar-refractivity contribution >= 4 is 35.0 Å². The number of carbonyl (C=O) groups excluding carboxylic acids is 3. The van der Waals surface area contributed by atoms with E-state index in [0.717, 1.165) is 12.8 Å². The lowest BCUT2D eigenvalue weighted by molar-refractivity contribution is -0.136. The number of benzene rings is 2. The number of imidazole rings is 1. The van der Waals surface area contributed by atoms with Gasteiger partial charge in [0.25, 0.3) is 11.8 Å². The Morgan fingerprint density at radius 3 is 2.40 bits per heavy atom. The van der Waals surface area contributed by atoms with E-state index < -0.39 is 17.5 Å². The number of anilines is 1. The number of halogens is 3. The first-order valence-corrected chi connectivity index (χ1v) is 14.0. The minimum absolute atomic E-state index is 0.0385. The maximum Gasteiger partial charge on any atom is 0.291 e. The van der Waals surface area contributed by atoms with Gasteiger partial charge in [0.2, 0.25) is 11.7 Å². The SMILES string of the molecule is COc1ccc(-c2cnc(C(=O)Nc3ccc(C(=O)N4CCN(C(=O)[C@H]5CC[C@@H](N)C5)CC4)c(Cl)c3)n2C)c(F)c1F. The molecular formula is C29H31ClF2N6O4. The number of methoxy groups -OCH3 is 1. The molecule has 1 aliphatic carbocycles. The summed E-state index contributed by atoms with van der Waals surface area (Å²) in [6.07, 6.45) is 3.64. The quantitative estimate of drug-likeness (QED) is 0.445. The minimum Gasteiger partial charge on any atom is -0.494 e. The second-order valence-corrected chi connectivity index (χ2v) is 10.9. The molecule has 0 radical (unpaired) electrons. The van der Waals surface area contributed by atoms with Crippen LogP contribution in [0.1, 0.15) is 40.2 Å². The molecule has 3 N–H and O–H groups in total. The Morgan fingerprint density at radius 2 is 1.76 bits per heavy atom. The summed E-state index contributed by atoms with van der Waals surface area (Å²) in [6, 6.07) is 7.23. The third-order valence-corrected chi connectivity index (χ3v) is 8.21. The third kappa shape index (κ3) is 5.68. The van der Waals surface area contributed by atoms with E-state index in [-0.39, 0.29) is 57.2 Å². The molecule has 42 heavy (non-hydrogen) atoms. The maximum absolute atomic E-state index is 14.6. The zero-order valence-electron chi connectivity index (χ0n) is 23.2. The van der Waals surface area contributed by atoms with E-state index in [9.17, 15) is 23.2 Å². The Hall–Kier alpha value is -4.03. The van der Waals surface area contributed by atoms with Crippen LogP contribution in [0.5, 0.6) is 5.75 Å². The Kier molecular flexibility index (Phi) is 8.46. The highest BCUT2D eigenvalue weighted by Crippen LogP contribution is 2.31. The van der Waals surface area contributed by atoms with E-state index in [2.05, 4.69) is 10.3 Å². The molecule has 0 bridgehead atoms. The van der Waals surface area contributed by atoms with Crippen molar-refractivity contribution in [2.45, 2.75) is 25.3 Å². The number of piperazine rings is 1. The highest BCUT2D eigenvalue weighted by Gasteiger charge is 2.33. The Bertz CT molecular complexity index is 1540. The molecule has 3 aromatic rings. The largest absolute Gasteiger partial charge is 0.494 e. The van der Waals surface area contributed by atoms with Crippen molar-refractivity contribution in [3.63, 3.8) is 0 Å². The van der Waals surface area contributed by atoms with Crippen LogP contribution in [-0.4, -0.2) is 76.4 Å². The van der Waals surface area contributed by atoms with Crippen molar-refractivity contribution in [2.24, 2.45) is 18.7 Å². The predicted octanol–water partition coefficient (Wildman–Crippen LogP) is 3.69. The first kappa shape index (κ1) is 29.5. The monoisotopic (exact) mass is 600 g/mol. The number of nitrogens with one attached hydrogen (secondary N) is 1. The van der Waals surface area contributed by atoms with E-state index in [1.54, 1.807) is 15.9 Å². The average molecular weight is 601 g/mol. The standard InChI is InChI=1S/C29H31ClF2N6O4/c1-36-22(20-7-8-23(42-2)25(32)24(20)31)15-34-26(36)27(39)35-18-5-6-19(21(30)14-18)29(41)38-11-9-37(10-12-38)28(40)16-3-4-17(33)13-16/h5-8,14-17H,3-4,9-13,33H2,1-2H3,(H,35,39)/t16-,17+/m0/s1. The molecule has 13 heteroatoms. The molecule has 1 saturated heterocycles. The van der Waals surface area contributed by atoms with Crippen LogP contribution in [-0.2, 0) is 11.8 Å². The van der Waals surface area contributed by atoms with Gasteiger partial charge in [0.05, 0.1) is 29.6 Å². The molecule has 2 aliphatic rings. The molecule has 1 aromatic heterocycles. The summed E-state index contributed by atoms with van der Waals surface area (Å²) in [5.74, 6) is -3.37. The number of nitrogens with two attached hydrogens (primary N) is 1. The van der Waals surface area contributed by atoms with Gasteiger partial charge in [0, 0.05) is 56.4 Å². The van der Waals surface area contributed by atoms with E-state index in [1.165, 1.54) is 49.2 Å². The fourth-order valence-corrected chi connectivity index (χ4v) is 5.77. The van der Waals surface area contributed by atoms with Crippen molar-refractivity contribution in [2.75, 3.05) is 38.6 Å². The first-order chi connectivity index (χ1) is 20.1. The maximum atomic E-state index is 14.6. The fraction of sp³-hybridized carbons (Fsp3) is 0.379. The average Bonchev–Trinajstić information content (AvgIpc) is 3.59. The molecule has 2 aromatic carbocycles. The van der Waals surface area contributed by atoms with Gasteiger partial charge in [0.15, 0.2) is 17.4 Å². The second kappa shape index (κ2) is 12.1. The first-order valence-electron chi connectivity index (χ1n) is 13.6. The summed E-state index contributed by atoms with van der Waals surface area (Å²) >= 11 is 6.44. The molecule has 1 aliphatic heterocycles. The highest BCUT2D eigenvalue weighted by atomic mass is 35.5. The third-order valence-electron chi connectivity index (χ3n) is 7.89. The van der Waals surface area contributed by atoms with E-state index in [0.29, 0.717) is 38.3 Å². The van der Waals surface area contributed by atoms with Gasteiger partial charge in [-0.25, -0.2) is 9.37 Å². The molecule has 3 amide bonds. The number of aromatic nitrogens is 2. The second-order valence-electron chi connectivity index (χ2n) is 10.5. The van der Waals surface area contributed by atoms with E-state index >= 15 is 0 Å². The van der Waals surface area contributed by atoms with Crippen LogP contribution < -0.4 is 15.8 Å². The van der Waals surface area contributed by atoms with Gasteiger partial charge >= 0.3 is 0 Å². The number of nitrogens with zero attached hydrogens (tertiary/aromatic N) is 4. The molecular weight excluding hydrogens is 570 g/mol. The fourth-order valence-electron chi connectivity index (χ4n) is 5.51. The lowest BCUT2D eigenvalue weighted by Gasteiger charge is -2.36. The van der Waals surface area contributed by atoms with Crippen molar-refractivity contribution in [1.29, 1.82) is 0 Å². The predicted molar refractivity (Wildman–Crippen MR) is 152 cm³/mol. The molecule has 5 rings (SSSR count). The minimum atomic E-state index is -1.14. The van der Waals surface area contributed by atoms with E-state index in [4.69, 9.17) is 22.1 Å². The van der Waals surface area contributed by atoms with Crippen LogP contribution >= 0.6 is 11.6 Å². The van der Waals surface area contributed by atoms with Gasteiger partial charge in [-0.15, -0.1) is 0 Å². The van der Waals surface area contributed by atoms with Crippen LogP contribution in [0, 0.1) is 17.6 Å². The smallest absolute Gasteiger partial charge is 0.291 e. The Labute approximate surface area is 246 Å². The summed E-state index contributed by atoms with van der Waals surface area (Å²) in [5.41, 5.74) is 6.65. The molecule has 2 fully saturated rings. The summed E-state index contributed by atoms with van der Waals surface area (Å²) in [5, 5.41) is 2.82. The van der Waals surface area contributed by atoms with Gasteiger partial charge in [-0.1, -0.05) is 11.6 Å². The molecule has 222 valence electrons. The summed E-state index contributed by atoms with van der Waals surface area (Å²) in [7, 11) is 2.74. The Balaban J connectivity index is 1.22. The van der Waals surface area contributed by atoms with Gasteiger partial charge < -0.3 is 30.2 Å². The number of amides is 3. The van der Waals surface area contributed by atoms with Crippen LogP contribution in [0.15, 0.2) is 36.5 Å². The molecule has 2 heterocycles. The summed E-state index contributed by atoms with van der Waals surface area (Å²) < 4.78 is 35.0. The molecule has 1 saturated carbocycles. The van der Waals surface area contributed by atoms with Crippen LogP contribution in [0.3, 0.4) is 0 Å². The topological polar surface area (TPSA) is 123 Å².